The number of thiophene rings is 1. The molecule has 82 valence electrons. The highest BCUT2D eigenvalue weighted by atomic mass is 32.1. The summed E-state index contributed by atoms with van der Waals surface area (Å²) in [6.45, 7) is 8.53. The molecule has 0 aliphatic carbocycles. The third-order valence-corrected chi connectivity index (χ3v) is 2.80. The van der Waals surface area contributed by atoms with Gasteiger partial charge < -0.3 is 4.74 Å². The Hall–Kier alpha value is -1.23. The number of halogens is 3. The molecular weight excluding hydrogens is 225 g/mol. The second kappa shape index (κ2) is 4.10. The minimum absolute atomic E-state index is 0.183. The Labute approximate surface area is 89.5 Å². The molecular formula is C10H9F3OS. The summed E-state index contributed by atoms with van der Waals surface area (Å²) in [6.07, 6.45) is -1.86. The van der Waals surface area contributed by atoms with E-state index in [4.69, 9.17) is 0 Å². The standard InChI is InChI=1S/C10H9F3OS/c1-4-7-8(5-2)15-6(3)9(7)14-10(11,12)13/h4-5H,1-2H2,3H3. The molecule has 0 fully saturated rings. The maximum atomic E-state index is 12.1. The Morgan fingerprint density at radius 3 is 2.27 bits per heavy atom. The first-order valence-electron chi connectivity index (χ1n) is 4.03. The van der Waals surface area contributed by atoms with E-state index in [1.165, 1.54) is 23.5 Å². The van der Waals surface area contributed by atoms with E-state index in [0.29, 0.717) is 15.3 Å². The van der Waals surface area contributed by atoms with E-state index in [1.807, 2.05) is 0 Å². The SMILES string of the molecule is C=Cc1sc(C)c(OC(F)(F)F)c1C=C. The van der Waals surface area contributed by atoms with Crippen LogP contribution in [-0.2, 0) is 0 Å². The van der Waals surface area contributed by atoms with Crippen LogP contribution in [0.25, 0.3) is 12.2 Å². The number of aryl methyl sites for hydroxylation is 1. The van der Waals surface area contributed by atoms with Gasteiger partial charge in [0.2, 0.25) is 0 Å². The van der Waals surface area contributed by atoms with Gasteiger partial charge in [0, 0.05) is 15.3 Å². The highest BCUT2D eigenvalue weighted by molar-refractivity contribution is 7.13. The first-order valence-corrected chi connectivity index (χ1v) is 4.84. The average Bonchev–Trinajstić information content (AvgIpc) is 2.40. The zero-order chi connectivity index (χ0) is 11.6. The third kappa shape index (κ3) is 2.62. The smallest absolute Gasteiger partial charge is 0.404 e. The zero-order valence-corrected chi connectivity index (χ0v) is 8.84. The molecule has 1 nitrogen and oxygen atoms in total. The maximum Gasteiger partial charge on any atom is 0.573 e. The molecule has 0 saturated heterocycles. The van der Waals surface area contributed by atoms with Gasteiger partial charge in [0.1, 0.15) is 0 Å². The average molecular weight is 234 g/mol. The molecule has 0 aromatic carbocycles. The summed E-state index contributed by atoms with van der Waals surface area (Å²) < 4.78 is 40.1. The first kappa shape index (κ1) is 11.8. The molecule has 0 aliphatic heterocycles. The van der Waals surface area contributed by atoms with Gasteiger partial charge in [-0.05, 0) is 6.92 Å². The Morgan fingerprint density at radius 1 is 1.27 bits per heavy atom. The molecule has 0 spiro atoms. The lowest BCUT2D eigenvalue weighted by atomic mass is 10.2. The van der Waals surface area contributed by atoms with Crippen LogP contribution in [0.3, 0.4) is 0 Å². The minimum atomic E-state index is -4.68. The molecule has 0 N–H and O–H groups in total. The van der Waals surface area contributed by atoms with Crippen molar-refractivity contribution in [3.8, 4) is 5.75 Å². The molecule has 1 aromatic rings. The number of rotatable bonds is 3. The van der Waals surface area contributed by atoms with Crippen molar-refractivity contribution in [2.24, 2.45) is 0 Å². The highest BCUT2D eigenvalue weighted by Crippen LogP contribution is 2.39. The van der Waals surface area contributed by atoms with Crippen LogP contribution in [0, 0.1) is 6.92 Å². The van der Waals surface area contributed by atoms with Crippen LogP contribution in [0.4, 0.5) is 13.2 Å². The molecule has 0 amide bonds. The second-order valence-corrected chi connectivity index (χ2v) is 3.98. The quantitative estimate of drug-likeness (QED) is 0.760. The number of hydrogen-bond acceptors (Lipinski definition) is 2. The van der Waals surface area contributed by atoms with Gasteiger partial charge in [0.25, 0.3) is 0 Å². The molecule has 0 saturated carbocycles. The molecule has 15 heavy (non-hydrogen) atoms. The fraction of sp³-hybridized carbons (Fsp3) is 0.200. The predicted octanol–water partition coefficient (Wildman–Crippen LogP) is 4.24. The number of hydrogen-bond donors (Lipinski definition) is 0. The van der Waals surface area contributed by atoms with E-state index in [1.54, 1.807) is 6.92 Å². The van der Waals surface area contributed by atoms with Gasteiger partial charge in [0.05, 0.1) is 0 Å². The molecule has 0 aliphatic rings. The van der Waals surface area contributed by atoms with E-state index in [-0.39, 0.29) is 5.75 Å². The van der Waals surface area contributed by atoms with Crippen molar-refractivity contribution in [2.45, 2.75) is 13.3 Å². The lowest BCUT2D eigenvalue weighted by Crippen LogP contribution is -2.17. The Bertz CT molecular complexity index is 390. The van der Waals surface area contributed by atoms with Gasteiger partial charge in [-0.1, -0.05) is 25.3 Å². The van der Waals surface area contributed by atoms with Crippen LogP contribution in [-0.4, -0.2) is 6.36 Å². The van der Waals surface area contributed by atoms with Crippen LogP contribution in [0.2, 0.25) is 0 Å². The number of alkyl halides is 3. The highest BCUT2D eigenvalue weighted by Gasteiger charge is 2.33. The normalized spacial score (nSPS) is 11.2. The van der Waals surface area contributed by atoms with Gasteiger partial charge in [-0.15, -0.1) is 24.5 Å². The lowest BCUT2D eigenvalue weighted by molar-refractivity contribution is -0.274. The first-order chi connectivity index (χ1) is 6.89. The van der Waals surface area contributed by atoms with Crippen molar-refractivity contribution >= 4 is 23.5 Å². The second-order valence-electron chi connectivity index (χ2n) is 2.72. The Balaban J connectivity index is 3.21. The third-order valence-electron chi connectivity index (χ3n) is 1.70. The van der Waals surface area contributed by atoms with E-state index in [9.17, 15) is 13.2 Å². The summed E-state index contributed by atoms with van der Waals surface area (Å²) in [5, 5.41) is 0. The summed E-state index contributed by atoms with van der Waals surface area (Å²) in [5.74, 6) is -0.183. The van der Waals surface area contributed by atoms with Crippen molar-refractivity contribution in [1.82, 2.24) is 0 Å². The summed E-state index contributed by atoms with van der Waals surface area (Å²) in [5.41, 5.74) is 0.338. The molecule has 5 heteroatoms. The fourth-order valence-electron chi connectivity index (χ4n) is 1.16. The summed E-state index contributed by atoms with van der Waals surface area (Å²) in [7, 11) is 0. The predicted molar refractivity (Wildman–Crippen MR) is 55.9 cm³/mol. The van der Waals surface area contributed by atoms with E-state index >= 15 is 0 Å². The van der Waals surface area contributed by atoms with Crippen LogP contribution in [0.5, 0.6) is 5.75 Å². The molecule has 0 atom stereocenters. The molecule has 1 heterocycles. The Kier molecular flexibility index (Phi) is 3.24. The van der Waals surface area contributed by atoms with Gasteiger partial charge in [-0.25, -0.2) is 0 Å². The largest absolute Gasteiger partial charge is 0.573 e. The van der Waals surface area contributed by atoms with E-state index in [2.05, 4.69) is 17.9 Å². The zero-order valence-electron chi connectivity index (χ0n) is 8.02. The molecule has 0 bridgehead atoms. The van der Waals surface area contributed by atoms with Crippen molar-refractivity contribution < 1.29 is 17.9 Å². The van der Waals surface area contributed by atoms with Gasteiger partial charge in [-0.3, -0.25) is 0 Å². The van der Waals surface area contributed by atoms with Gasteiger partial charge in [-0.2, -0.15) is 0 Å². The van der Waals surface area contributed by atoms with Crippen molar-refractivity contribution in [2.75, 3.05) is 0 Å². The summed E-state index contributed by atoms with van der Waals surface area (Å²) in [6, 6.07) is 0. The van der Waals surface area contributed by atoms with Crippen molar-refractivity contribution in [1.29, 1.82) is 0 Å². The molecule has 1 rings (SSSR count). The monoisotopic (exact) mass is 234 g/mol. The van der Waals surface area contributed by atoms with E-state index < -0.39 is 6.36 Å². The summed E-state index contributed by atoms with van der Waals surface area (Å²) >= 11 is 1.19. The van der Waals surface area contributed by atoms with Gasteiger partial charge >= 0.3 is 6.36 Å². The summed E-state index contributed by atoms with van der Waals surface area (Å²) in [4.78, 5) is 1.08. The topological polar surface area (TPSA) is 9.23 Å². The molecule has 0 radical (unpaired) electrons. The van der Waals surface area contributed by atoms with Crippen molar-refractivity contribution in [3.63, 3.8) is 0 Å². The Morgan fingerprint density at radius 2 is 1.87 bits per heavy atom. The van der Waals surface area contributed by atoms with Crippen LogP contribution in [0.15, 0.2) is 13.2 Å². The molecule has 0 unspecified atom stereocenters. The van der Waals surface area contributed by atoms with Gasteiger partial charge in [0.15, 0.2) is 5.75 Å². The fourth-order valence-corrected chi connectivity index (χ4v) is 2.10. The van der Waals surface area contributed by atoms with Crippen molar-refractivity contribution in [3.05, 3.63) is 28.5 Å². The maximum absolute atomic E-state index is 12.1. The van der Waals surface area contributed by atoms with Crippen LogP contribution in [0.1, 0.15) is 15.3 Å². The van der Waals surface area contributed by atoms with Crippen LogP contribution >= 0.6 is 11.3 Å². The van der Waals surface area contributed by atoms with E-state index in [0.717, 1.165) is 0 Å². The lowest BCUT2D eigenvalue weighted by Gasteiger charge is -2.09. The van der Waals surface area contributed by atoms with Crippen LogP contribution < -0.4 is 4.74 Å². The minimum Gasteiger partial charge on any atom is -0.404 e. The molecule has 1 aromatic heterocycles. The number of ether oxygens (including phenoxy) is 1.